The van der Waals surface area contributed by atoms with Crippen molar-refractivity contribution in [2.75, 3.05) is 27.2 Å². The van der Waals surface area contributed by atoms with E-state index in [1.807, 2.05) is 25.9 Å². The molecule has 0 radical (unpaired) electrons. The molecule has 0 bridgehead atoms. The lowest BCUT2D eigenvalue weighted by molar-refractivity contribution is -0.140. The molecule has 31 heavy (non-hydrogen) atoms. The van der Waals surface area contributed by atoms with Gasteiger partial charge in [0.1, 0.15) is 23.4 Å². The Balaban J connectivity index is 1.81. The Morgan fingerprint density at radius 3 is 2.58 bits per heavy atom. The van der Waals surface area contributed by atoms with Gasteiger partial charge in [-0.05, 0) is 62.5 Å². The van der Waals surface area contributed by atoms with Gasteiger partial charge in [-0.15, -0.1) is 0 Å². The van der Waals surface area contributed by atoms with E-state index < -0.39 is 23.5 Å². The van der Waals surface area contributed by atoms with Crippen molar-refractivity contribution in [3.63, 3.8) is 0 Å². The predicted octanol–water partition coefficient (Wildman–Crippen LogP) is 3.13. The lowest BCUT2D eigenvalue weighted by Crippen LogP contribution is -2.35. The van der Waals surface area contributed by atoms with Gasteiger partial charge in [0.25, 0.3) is 11.7 Å². The Hall–Kier alpha value is -3.19. The van der Waals surface area contributed by atoms with Gasteiger partial charge in [-0.3, -0.25) is 9.59 Å². The molecule has 2 aliphatic heterocycles. The molecule has 2 atom stereocenters. The van der Waals surface area contributed by atoms with E-state index in [1.54, 1.807) is 30.3 Å². The van der Waals surface area contributed by atoms with Crippen LogP contribution in [0.4, 0.5) is 4.39 Å². The number of carbonyl (C=O) groups excluding carboxylic acids is 2. The minimum absolute atomic E-state index is 0.0160. The summed E-state index contributed by atoms with van der Waals surface area (Å²) in [7, 11) is 3.74. The predicted molar refractivity (Wildman–Crippen MR) is 114 cm³/mol. The Kier molecular flexibility index (Phi) is 5.54. The van der Waals surface area contributed by atoms with Crippen LogP contribution in [-0.4, -0.2) is 59.9 Å². The summed E-state index contributed by atoms with van der Waals surface area (Å²) in [6, 6.07) is 10.1. The highest BCUT2D eigenvalue weighted by Gasteiger charge is 2.46. The van der Waals surface area contributed by atoms with Gasteiger partial charge in [-0.1, -0.05) is 12.1 Å². The monoisotopic (exact) mass is 424 g/mol. The van der Waals surface area contributed by atoms with Gasteiger partial charge in [-0.2, -0.15) is 0 Å². The van der Waals surface area contributed by atoms with Crippen molar-refractivity contribution in [2.45, 2.75) is 25.5 Å². The molecule has 2 heterocycles. The number of amides is 1. The third kappa shape index (κ3) is 3.93. The first kappa shape index (κ1) is 21.1. The maximum absolute atomic E-state index is 13.5. The lowest BCUT2D eigenvalue weighted by atomic mass is 9.94. The van der Waals surface area contributed by atoms with Crippen LogP contribution in [0.15, 0.2) is 48.0 Å². The van der Waals surface area contributed by atoms with E-state index in [0.717, 1.165) is 11.3 Å². The molecule has 2 aromatic carbocycles. The molecule has 0 aromatic heterocycles. The van der Waals surface area contributed by atoms with E-state index in [4.69, 9.17) is 4.74 Å². The molecule has 6 nitrogen and oxygen atoms in total. The largest absolute Gasteiger partial charge is 0.507 e. The third-order valence-corrected chi connectivity index (χ3v) is 5.68. The Morgan fingerprint density at radius 1 is 1.19 bits per heavy atom. The summed E-state index contributed by atoms with van der Waals surface area (Å²) in [5.41, 5.74) is 1.98. The minimum Gasteiger partial charge on any atom is -0.507 e. The number of Topliss-reactive ketones (excluding diaryl/α,β-unsaturated/α-hetero) is 1. The number of likely N-dealkylation sites (tertiary alicyclic amines) is 1. The highest BCUT2D eigenvalue weighted by molar-refractivity contribution is 6.46. The summed E-state index contributed by atoms with van der Waals surface area (Å²) in [5.74, 6) is -1.30. The summed E-state index contributed by atoms with van der Waals surface area (Å²) < 4.78 is 19.2. The van der Waals surface area contributed by atoms with E-state index in [2.05, 4.69) is 0 Å². The van der Waals surface area contributed by atoms with Gasteiger partial charge < -0.3 is 19.6 Å². The quantitative estimate of drug-likeness (QED) is 0.454. The smallest absolute Gasteiger partial charge is 0.295 e. The topological polar surface area (TPSA) is 70.1 Å². The number of hydrogen-bond donors (Lipinski definition) is 1. The number of rotatable bonds is 5. The molecular weight excluding hydrogens is 399 g/mol. The zero-order chi connectivity index (χ0) is 22.3. The number of aliphatic hydroxyl groups is 1. The zero-order valence-corrected chi connectivity index (χ0v) is 17.8. The number of fused-ring (bicyclic) bond motifs is 1. The van der Waals surface area contributed by atoms with Gasteiger partial charge in [0.15, 0.2) is 0 Å². The number of nitrogens with zero attached hydrogens (tertiary/aromatic N) is 2. The summed E-state index contributed by atoms with van der Waals surface area (Å²) in [6.45, 7) is 2.80. The first-order valence-electron chi connectivity index (χ1n) is 10.2. The summed E-state index contributed by atoms with van der Waals surface area (Å²) >= 11 is 0. The first-order chi connectivity index (χ1) is 14.8. The van der Waals surface area contributed by atoms with Crippen LogP contribution < -0.4 is 4.74 Å². The second-order valence-electron chi connectivity index (χ2n) is 8.30. The van der Waals surface area contributed by atoms with Crippen molar-refractivity contribution in [1.29, 1.82) is 0 Å². The molecule has 1 saturated heterocycles. The molecule has 2 unspecified atom stereocenters. The van der Waals surface area contributed by atoms with Gasteiger partial charge >= 0.3 is 0 Å². The van der Waals surface area contributed by atoms with E-state index in [1.165, 1.54) is 17.0 Å². The van der Waals surface area contributed by atoms with Crippen molar-refractivity contribution >= 4 is 17.4 Å². The van der Waals surface area contributed by atoms with Crippen LogP contribution in [0.25, 0.3) is 5.76 Å². The van der Waals surface area contributed by atoms with Crippen molar-refractivity contribution in [1.82, 2.24) is 9.80 Å². The molecule has 0 spiro atoms. The number of halogens is 1. The fourth-order valence-corrected chi connectivity index (χ4v) is 4.13. The third-order valence-electron chi connectivity index (χ3n) is 5.68. The van der Waals surface area contributed by atoms with Crippen LogP contribution in [0.1, 0.15) is 29.7 Å². The zero-order valence-electron chi connectivity index (χ0n) is 17.8. The molecule has 1 fully saturated rings. The van der Waals surface area contributed by atoms with E-state index >= 15 is 0 Å². The number of likely N-dealkylation sites (N-methyl/N-ethyl adjacent to an activating group) is 1. The van der Waals surface area contributed by atoms with Crippen LogP contribution >= 0.6 is 0 Å². The van der Waals surface area contributed by atoms with E-state index in [9.17, 15) is 19.1 Å². The minimum atomic E-state index is -0.788. The molecule has 7 heteroatoms. The molecule has 0 saturated carbocycles. The van der Waals surface area contributed by atoms with Crippen molar-refractivity contribution in [3.05, 3.63) is 70.5 Å². The Morgan fingerprint density at radius 2 is 1.90 bits per heavy atom. The average Bonchev–Trinajstić information content (AvgIpc) is 3.22. The van der Waals surface area contributed by atoms with Gasteiger partial charge in [-0.25, -0.2) is 4.39 Å². The number of aliphatic hydroxyl groups excluding tert-OH is 1. The lowest BCUT2D eigenvalue weighted by Gasteiger charge is -2.26. The van der Waals surface area contributed by atoms with Gasteiger partial charge in [0.05, 0.1) is 11.6 Å². The van der Waals surface area contributed by atoms with Crippen LogP contribution in [0.5, 0.6) is 5.75 Å². The summed E-state index contributed by atoms with van der Waals surface area (Å²) in [4.78, 5) is 29.2. The number of ether oxygens (including phenoxy) is 1. The van der Waals surface area contributed by atoms with Crippen LogP contribution in [0.2, 0.25) is 0 Å². The maximum Gasteiger partial charge on any atom is 0.295 e. The number of ketones is 1. The fourth-order valence-electron chi connectivity index (χ4n) is 4.13. The molecule has 1 N–H and O–H groups in total. The summed E-state index contributed by atoms with van der Waals surface area (Å²) in [6.07, 6.45) is 0.748. The standard InChI is InChI=1S/C24H25FN2O4/c1-14-12-17-13-16(6-9-19(17)31-14)22(28)20-21(15-4-7-18(25)8-5-15)27(11-10-26(2)3)24(30)23(20)29/h4-9,13-14,21,28H,10-12H2,1-3H3. The SMILES string of the molecule is CC1Cc2cc(C(O)=C3C(=O)C(=O)N(CCN(C)C)C3c3ccc(F)cc3)ccc2O1. The second kappa shape index (κ2) is 8.15. The molecule has 0 aliphatic carbocycles. The van der Waals surface area contributed by atoms with E-state index in [0.29, 0.717) is 30.6 Å². The van der Waals surface area contributed by atoms with Crippen molar-refractivity contribution in [3.8, 4) is 5.75 Å². The second-order valence-corrected chi connectivity index (χ2v) is 8.30. The summed E-state index contributed by atoms with van der Waals surface area (Å²) in [5, 5.41) is 11.1. The fraction of sp³-hybridized carbons (Fsp3) is 0.333. The highest BCUT2D eigenvalue weighted by atomic mass is 19.1. The molecule has 1 amide bonds. The van der Waals surface area contributed by atoms with Gasteiger partial charge in [0, 0.05) is 25.1 Å². The highest BCUT2D eigenvalue weighted by Crippen LogP contribution is 2.40. The molecule has 4 rings (SSSR count). The number of benzene rings is 2. The number of hydrogen-bond acceptors (Lipinski definition) is 5. The first-order valence-corrected chi connectivity index (χ1v) is 10.2. The van der Waals surface area contributed by atoms with Crippen LogP contribution in [0, 0.1) is 5.82 Å². The molecule has 2 aliphatic rings. The van der Waals surface area contributed by atoms with Gasteiger partial charge in [0.2, 0.25) is 0 Å². The Bertz CT molecular complexity index is 1060. The van der Waals surface area contributed by atoms with Crippen LogP contribution in [-0.2, 0) is 16.0 Å². The molecular formula is C24H25FN2O4. The Labute approximate surface area is 180 Å². The maximum atomic E-state index is 13.5. The average molecular weight is 424 g/mol. The molecule has 162 valence electrons. The molecule has 2 aromatic rings. The van der Waals surface area contributed by atoms with E-state index in [-0.39, 0.29) is 17.4 Å². The van der Waals surface area contributed by atoms with Crippen molar-refractivity contribution < 1.29 is 23.8 Å². The number of carbonyl (C=O) groups is 2. The van der Waals surface area contributed by atoms with Crippen LogP contribution in [0.3, 0.4) is 0 Å². The normalized spacial score (nSPS) is 22.2. The van der Waals surface area contributed by atoms with Crippen molar-refractivity contribution in [2.24, 2.45) is 0 Å².